The molecule has 4 aromatic carbocycles. The van der Waals surface area contributed by atoms with Gasteiger partial charge in [-0.15, -0.1) is 0 Å². The SMILES string of the molecule is COc1ccccc1C#Cc1ccc(-c2ccc(C#Cc3ccccc3OC)cc2)cc1. The zero-order valence-corrected chi connectivity index (χ0v) is 18.1. The van der Waals surface area contributed by atoms with Crippen LogP contribution in [0.25, 0.3) is 11.1 Å². The summed E-state index contributed by atoms with van der Waals surface area (Å²) >= 11 is 0. The monoisotopic (exact) mass is 414 g/mol. The van der Waals surface area contributed by atoms with Gasteiger partial charge in [-0.1, -0.05) is 72.2 Å². The fourth-order valence-corrected chi connectivity index (χ4v) is 3.27. The summed E-state index contributed by atoms with van der Waals surface area (Å²) in [4.78, 5) is 0. The number of hydrogen-bond acceptors (Lipinski definition) is 2. The minimum atomic E-state index is 0.783. The Morgan fingerprint density at radius 1 is 0.438 bits per heavy atom. The van der Waals surface area contributed by atoms with E-state index in [0.29, 0.717) is 0 Å². The molecule has 0 heterocycles. The normalized spacial score (nSPS) is 9.69. The van der Waals surface area contributed by atoms with Gasteiger partial charge in [-0.3, -0.25) is 0 Å². The summed E-state index contributed by atoms with van der Waals surface area (Å²) in [6, 6.07) is 32.0. The quantitative estimate of drug-likeness (QED) is 0.373. The van der Waals surface area contributed by atoms with Gasteiger partial charge in [0.1, 0.15) is 11.5 Å². The lowest BCUT2D eigenvalue weighted by Gasteiger charge is -2.03. The summed E-state index contributed by atoms with van der Waals surface area (Å²) in [5.41, 5.74) is 5.94. The molecule has 0 aliphatic carbocycles. The number of rotatable bonds is 3. The Bertz CT molecular complexity index is 1220. The van der Waals surface area contributed by atoms with E-state index in [1.165, 1.54) is 0 Å². The number of benzene rings is 4. The minimum Gasteiger partial charge on any atom is -0.495 e. The van der Waals surface area contributed by atoms with Gasteiger partial charge in [0, 0.05) is 11.1 Å². The van der Waals surface area contributed by atoms with Gasteiger partial charge in [-0.2, -0.15) is 0 Å². The fraction of sp³-hybridized carbons (Fsp3) is 0.0667. The largest absolute Gasteiger partial charge is 0.495 e. The van der Waals surface area contributed by atoms with E-state index in [-0.39, 0.29) is 0 Å². The third kappa shape index (κ3) is 5.01. The highest BCUT2D eigenvalue weighted by Gasteiger charge is 2.00. The van der Waals surface area contributed by atoms with Gasteiger partial charge in [0.05, 0.1) is 25.3 Å². The van der Waals surface area contributed by atoms with E-state index in [1.807, 2.05) is 72.8 Å². The second-order valence-corrected chi connectivity index (χ2v) is 7.06. The second kappa shape index (κ2) is 10.1. The van der Waals surface area contributed by atoms with Crippen molar-refractivity contribution in [2.24, 2.45) is 0 Å². The molecule has 0 amide bonds. The molecule has 0 N–H and O–H groups in total. The van der Waals surface area contributed by atoms with Gasteiger partial charge in [-0.05, 0) is 59.7 Å². The van der Waals surface area contributed by atoms with Gasteiger partial charge in [-0.25, -0.2) is 0 Å². The van der Waals surface area contributed by atoms with Crippen LogP contribution >= 0.6 is 0 Å². The van der Waals surface area contributed by atoms with E-state index in [2.05, 4.69) is 47.9 Å². The van der Waals surface area contributed by atoms with E-state index < -0.39 is 0 Å². The van der Waals surface area contributed by atoms with Crippen LogP contribution in [-0.4, -0.2) is 14.2 Å². The molecular formula is C30H22O2. The number of ether oxygens (including phenoxy) is 2. The molecule has 0 saturated heterocycles. The zero-order valence-electron chi connectivity index (χ0n) is 18.1. The van der Waals surface area contributed by atoms with Gasteiger partial charge < -0.3 is 9.47 Å². The van der Waals surface area contributed by atoms with Crippen LogP contribution in [-0.2, 0) is 0 Å². The van der Waals surface area contributed by atoms with Crippen molar-refractivity contribution in [2.75, 3.05) is 14.2 Å². The van der Waals surface area contributed by atoms with Crippen molar-refractivity contribution in [3.8, 4) is 46.3 Å². The molecule has 0 aliphatic heterocycles. The van der Waals surface area contributed by atoms with Gasteiger partial charge in [0.25, 0.3) is 0 Å². The lowest BCUT2D eigenvalue weighted by atomic mass is 10.0. The van der Waals surface area contributed by atoms with E-state index in [9.17, 15) is 0 Å². The highest BCUT2D eigenvalue weighted by molar-refractivity contribution is 5.66. The Kier molecular flexibility index (Phi) is 6.57. The summed E-state index contributed by atoms with van der Waals surface area (Å²) in [6.07, 6.45) is 0. The van der Waals surface area contributed by atoms with Gasteiger partial charge in [0.15, 0.2) is 0 Å². The minimum absolute atomic E-state index is 0.783. The van der Waals surface area contributed by atoms with Crippen molar-refractivity contribution in [1.82, 2.24) is 0 Å². The first kappa shape index (κ1) is 20.9. The first-order valence-electron chi connectivity index (χ1n) is 10.3. The molecule has 0 spiro atoms. The Balaban J connectivity index is 1.49. The molecule has 2 nitrogen and oxygen atoms in total. The summed E-state index contributed by atoms with van der Waals surface area (Å²) in [7, 11) is 3.31. The van der Waals surface area contributed by atoms with Crippen molar-refractivity contribution in [3.63, 3.8) is 0 Å². The first-order valence-corrected chi connectivity index (χ1v) is 10.3. The Morgan fingerprint density at radius 2 is 0.812 bits per heavy atom. The summed E-state index contributed by atoms with van der Waals surface area (Å²) in [6.45, 7) is 0. The maximum atomic E-state index is 5.36. The van der Waals surface area contributed by atoms with Crippen LogP contribution in [0.3, 0.4) is 0 Å². The molecule has 0 aromatic heterocycles. The molecule has 0 atom stereocenters. The summed E-state index contributed by atoms with van der Waals surface area (Å²) < 4.78 is 10.7. The summed E-state index contributed by atoms with van der Waals surface area (Å²) in [5, 5.41) is 0. The summed E-state index contributed by atoms with van der Waals surface area (Å²) in [5.74, 6) is 14.3. The van der Waals surface area contributed by atoms with Crippen LogP contribution in [0.2, 0.25) is 0 Å². The third-order valence-electron chi connectivity index (χ3n) is 5.00. The van der Waals surface area contributed by atoms with Crippen LogP contribution < -0.4 is 9.47 Å². The highest BCUT2D eigenvalue weighted by atomic mass is 16.5. The van der Waals surface area contributed by atoms with E-state index in [1.54, 1.807) is 14.2 Å². The number of para-hydroxylation sites is 2. The van der Waals surface area contributed by atoms with Crippen molar-refractivity contribution in [2.45, 2.75) is 0 Å². The standard InChI is InChI=1S/C30H22O2/c1-31-29-9-5-3-7-27(29)21-15-23-11-17-25(18-12-23)26-19-13-24(14-20-26)16-22-28-8-4-6-10-30(28)32-2/h3-14,17-20H,1-2H3. The molecule has 32 heavy (non-hydrogen) atoms. The Morgan fingerprint density at radius 3 is 1.19 bits per heavy atom. The fourth-order valence-electron chi connectivity index (χ4n) is 3.27. The molecule has 0 saturated carbocycles. The Hall–Kier alpha value is -4.40. The van der Waals surface area contributed by atoms with E-state index >= 15 is 0 Å². The maximum absolute atomic E-state index is 5.36. The smallest absolute Gasteiger partial charge is 0.134 e. The van der Waals surface area contributed by atoms with Crippen LogP contribution in [0.1, 0.15) is 22.3 Å². The van der Waals surface area contributed by atoms with Crippen LogP contribution in [0.15, 0.2) is 97.1 Å². The third-order valence-corrected chi connectivity index (χ3v) is 5.00. The molecular weight excluding hydrogens is 392 g/mol. The number of methoxy groups -OCH3 is 2. The first-order chi connectivity index (χ1) is 15.8. The van der Waals surface area contributed by atoms with Crippen LogP contribution in [0.4, 0.5) is 0 Å². The van der Waals surface area contributed by atoms with Crippen molar-refractivity contribution in [1.29, 1.82) is 0 Å². The van der Waals surface area contributed by atoms with Gasteiger partial charge in [0.2, 0.25) is 0 Å². The van der Waals surface area contributed by atoms with E-state index in [4.69, 9.17) is 9.47 Å². The average molecular weight is 415 g/mol. The average Bonchev–Trinajstić information content (AvgIpc) is 2.87. The Labute approximate surface area is 189 Å². The molecule has 0 unspecified atom stereocenters. The second-order valence-electron chi connectivity index (χ2n) is 7.06. The van der Waals surface area contributed by atoms with Crippen molar-refractivity contribution < 1.29 is 9.47 Å². The topological polar surface area (TPSA) is 18.5 Å². The highest BCUT2D eigenvalue weighted by Crippen LogP contribution is 2.21. The predicted octanol–water partition coefficient (Wildman–Crippen LogP) is 6.17. The maximum Gasteiger partial charge on any atom is 0.134 e. The molecule has 2 heteroatoms. The molecule has 0 bridgehead atoms. The van der Waals surface area contributed by atoms with Crippen molar-refractivity contribution in [3.05, 3.63) is 119 Å². The zero-order chi connectivity index (χ0) is 22.2. The lowest BCUT2D eigenvalue weighted by Crippen LogP contribution is -1.87. The molecule has 4 rings (SSSR count). The lowest BCUT2D eigenvalue weighted by molar-refractivity contribution is 0.413. The predicted molar refractivity (Wildman–Crippen MR) is 130 cm³/mol. The molecule has 0 aliphatic rings. The van der Waals surface area contributed by atoms with Crippen LogP contribution in [0.5, 0.6) is 11.5 Å². The van der Waals surface area contributed by atoms with Crippen molar-refractivity contribution >= 4 is 0 Å². The molecule has 4 aromatic rings. The molecule has 0 fully saturated rings. The van der Waals surface area contributed by atoms with Crippen LogP contribution in [0, 0.1) is 23.7 Å². The number of hydrogen-bond donors (Lipinski definition) is 0. The molecule has 154 valence electrons. The van der Waals surface area contributed by atoms with Gasteiger partial charge >= 0.3 is 0 Å². The van der Waals surface area contributed by atoms with E-state index in [0.717, 1.165) is 44.9 Å². The molecule has 0 radical (unpaired) electrons.